The molecule has 2 aliphatic heterocycles. The molecule has 1 amide bonds. The van der Waals surface area contributed by atoms with Gasteiger partial charge in [0.1, 0.15) is 0 Å². The van der Waals surface area contributed by atoms with Gasteiger partial charge in [0.05, 0.1) is 18.6 Å². The van der Waals surface area contributed by atoms with E-state index in [1.165, 1.54) is 7.11 Å². The second-order valence-electron chi connectivity index (χ2n) is 7.10. The Kier molecular flexibility index (Phi) is 4.15. The number of fused-ring (bicyclic) bond motifs is 2. The fourth-order valence-corrected chi connectivity index (χ4v) is 4.56. The molecular weight excluding hydrogens is 362 g/mol. The third kappa shape index (κ3) is 2.34. The van der Waals surface area contributed by atoms with Crippen molar-refractivity contribution in [3.63, 3.8) is 0 Å². The van der Waals surface area contributed by atoms with Gasteiger partial charge in [-0.3, -0.25) is 19.8 Å². The number of amides is 1. The van der Waals surface area contributed by atoms with Gasteiger partial charge in [0.25, 0.3) is 11.9 Å². The maximum Gasteiger partial charge on any atom is 0.337 e. The molecule has 0 bridgehead atoms. The molecule has 0 saturated carbocycles. The quantitative estimate of drug-likeness (QED) is 0.496. The molecule has 2 heterocycles. The summed E-state index contributed by atoms with van der Waals surface area (Å²) in [6, 6.07) is 12.5. The molecule has 2 aromatic carbocycles. The monoisotopic (exact) mass is 381 g/mol. The largest absolute Gasteiger partial charge is 0.465 e. The minimum absolute atomic E-state index is 0.338. The Labute approximate surface area is 161 Å². The lowest BCUT2D eigenvalue weighted by atomic mass is 9.79. The minimum Gasteiger partial charge on any atom is -0.465 e. The van der Waals surface area contributed by atoms with Crippen molar-refractivity contribution in [1.82, 2.24) is 4.90 Å². The molecule has 0 unspecified atom stereocenters. The molecule has 8 heteroatoms. The third-order valence-corrected chi connectivity index (χ3v) is 5.80. The Morgan fingerprint density at radius 3 is 2.57 bits per heavy atom. The standard InChI is InChI=1S/C20H19N3O5/c1-22-11-14(12-7-9-13(10-8-12)18(24)28-2)17(23(26)27)20(22)15-5-3-4-6-16(15)21-19(20)25/h3-10,14,17H,11H2,1-2H3,(H,21,25)/t14-,17+,20-/m0/s1. The van der Waals surface area contributed by atoms with Crippen molar-refractivity contribution in [3.05, 3.63) is 75.3 Å². The number of hydrogen-bond donors (Lipinski definition) is 1. The molecule has 1 fully saturated rings. The van der Waals surface area contributed by atoms with Crippen molar-refractivity contribution in [2.24, 2.45) is 0 Å². The van der Waals surface area contributed by atoms with E-state index in [0.717, 1.165) is 0 Å². The van der Waals surface area contributed by atoms with Crippen LogP contribution in [-0.4, -0.2) is 48.4 Å². The number of benzene rings is 2. The fourth-order valence-electron chi connectivity index (χ4n) is 4.56. The SMILES string of the molecule is COC(=O)c1ccc([C@@H]2CN(C)[C@]3(C(=O)Nc4ccccc43)[C@@H]2[N+](=O)[O-])cc1. The number of carbonyl (C=O) groups excluding carboxylic acids is 2. The van der Waals surface area contributed by atoms with Gasteiger partial charge >= 0.3 is 5.97 Å². The predicted octanol–water partition coefficient (Wildman–Crippen LogP) is 2.00. The molecule has 1 N–H and O–H groups in total. The van der Waals surface area contributed by atoms with Gasteiger partial charge in [-0.05, 0) is 30.8 Å². The second kappa shape index (κ2) is 6.42. The van der Waals surface area contributed by atoms with Crippen molar-refractivity contribution in [2.75, 3.05) is 26.0 Å². The lowest BCUT2D eigenvalue weighted by Crippen LogP contribution is -2.54. The van der Waals surface area contributed by atoms with Gasteiger partial charge in [0, 0.05) is 22.7 Å². The van der Waals surface area contributed by atoms with E-state index in [2.05, 4.69) is 5.32 Å². The first-order chi connectivity index (χ1) is 13.4. The number of ether oxygens (including phenoxy) is 1. The van der Waals surface area contributed by atoms with Gasteiger partial charge in [-0.2, -0.15) is 0 Å². The summed E-state index contributed by atoms with van der Waals surface area (Å²) >= 11 is 0. The lowest BCUT2D eigenvalue weighted by Gasteiger charge is -2.30. The van der Waals surface area contributed by atoms with Gasteiger partial charge in [-0.1, -0.05) is 30.3 Å². The second-order valence-corrected chi connectivity index (χ2v) is 7.10. The number of nitro groups is 1. The molecular formula is C20H19N3O5. The van der Waals surface area contributed by atoms with Crippen molar-refractivity contribution in [3.8, 4) is 0 Å². The number of anilines is 1. The summed E-state index contributed by atoms with van der Waals surface area (Å²) in [5.41, 5.74) is 0.932. The number of rotatable bonds is 3. The highest BCUT2D eigenvalue weighted by atomic mass is 16.6. The first-order valence-electron chi connectivity index (χ1n) is 8.85. The molecule has 8 nitrogen and oxygen atoms in total. The topological polar surface area (TPSA) is 102 Å². The lowest BCUT2D eigenvalue weighted by molar-refractivity contribution is -0.534. The van der Waals surface area contributed by atoms with E-state index in [9.17, 15) is 19.7 Å². The average molecular weight is 381 g/mol. The summed E-state index contributed by atoms with van der Waals surface area (Å²) in [4.78, 5) is 38.3. The van der Waals surface area contributed by atoms with Crippen molar-refractivity contribution in [2.45, 2.75) is 17.5 Å². The number of carbonyl (C=O) groups is 2. The van der Waals surface area contributed by atoms with Gasteiger partial charge in [-0.15, -0.1) is 0 Å². The van der Waals surface area contributed by atoms with Crippen LogP contribution in [0.15, 0.2) is 48.5 Å². The first-order valence-corrected chi connectivity index (χ1v) is 8.85. The molecule has 0 aromatic heterocycles. The Bertz CT molecular complexity index is 974. The summed E-state index contributed by atoms with van der Waals surface area (Å²) in [6.07, 6.45) is 0. The number of nitrogens with zero attached hydrogens (tertiary/aromatic N) is 2. The molecule has 2 aliphatic rings. The van der Waals surface area contributed by atoms with Crippen LogP contribution in [-0.2, 0) is 15.1 Å². The van der Waals surface area contributed by atoms with E-state index in [0.29, 0.717) is 28.9 Å². The van der Waals surface area contributed by atoms with E-state index < -0.39 is 23.5 Å². The van der Waals surface area contributed by atoms with E-state index in [1.54, 1.807) is 60.5 Å². The normalized spacial score (nSPS) is 26.1. The zero-order chi connectivity index (χ0) is 20.1. The van der Waals surface area contributed by atoms with Gasteiger partial charge < -0.3 is 10.1 Å². The molecule has 4 rings (SSSR count). The zero-order valence-electron chi connectivity index (χ0n) is 15.4. The molecule has 2 aromatic rings. The van der Waals surface area contributed by atoms with E-state index in [4.69, 9.17) is 4.74 Å². The summed E-state index contributed by atoms with van der Waals surface area (Å²) in [5, 5.41) is 15.0. The van der Waals surface area contributed by atoms with Crippen LogP contribution >= 0.6 is 0 Å². The van der Waals surface area contributed by atoms with Crippen molar-refractivity contribution >= 4 is 17.6 Å². The van der Waals surface area contributed by atoms with Gasteiger partial charge in [0.2, 0.25) is 0 Å². The van der Waals surface area contributed by atoms with E-state index in [1.807, 2.05) is 0 Å². The maximum atomic E-state index is 13.0. The highest BCUT2D eigenvalue weighted by Gasteiger charge is 2.68. The number of likely N-dealkylation sites (tertiary alicyclic amines) is 1. The molecule has 1 spiro atoms. The van der Waals surface area contributed by atoms with E-state index in [-0.39, 0.29) is 10.8 Å². The number of methoxy groups -OCH3 is 1. The van der Waals surface area contributed by atoms with Crippen LogP contribution in [0.1, 0.15) is 27.4 Å². The van der Waals surface area contributed by atoms with Crippen LogP contribution in [0.5, 0.6) is 0 Å². The molecule has 0 radical (unpaired) electrons. The summed E-state index contributed by atoms with van der Waals surface area (Å²) in [6.45, 7) is 0.338. The first kappa shape index (κ1) is 18.1. The Hall–Kier alpha value is -3.26. The number of nitrogens with one attached hydrogen (secondary N) is 1. The Morgan fingerprint density at radius 1 is 1.25 bits per heavy atom. The van der Waals surface area contributed by atoms with Gasteiger partial charge in [0.15, 0.2) is 5.54 Å². The predicted molar refractivity (Wildman–Crippen MR) is 101 cm³/mol. The highest BCUT2D eigenvalue weighted by Crippen LogP contribution is 2.51. The number of para-hydroxylation sites is 1. The van der Waals surface area contributed by atoms with Crippen molar-refractivity contribution < 1.29 is 19.2 Å². The van der Waals surface area contributed by atoms with Crippen molar-refractivity contribution in [1.29, 1.82) is 0 Å². The zero-order valence-corrected chi connectivity index (χ0v) is 15.4. The van der Waals surface area contributed by atoms with Crippen LogP contribution in [0, 0.1) is 10.1 Å². The van der Waals surface area contributed by atoms with E-state index >= 15 is 0 Å². The fraction of sp³-hybridized carbons (Fsp3) is 0.300. The van der Waals surface area contributed by atoms with Crippen LogP contribution < -0.4 is 5.32 Å². The van der Waals surface area contributed by atoms with Crippen LogP contribution in [0.2, 0.25) is 0 Å². The average Bonchev–Trinajstić information content (AvgIpc) is 3.17. The smallest absolute Gasteiger partial charge is 0.337 e. The molecule has 28 heavy (non-hydrogen) atoms. The van der Waals surface area contributed by atoms with Crippen LogP contribution in [0.3, 0.4) is 0 Å². The highest BCUT2D eigenvalue weighted by molar-refractivity contribution is 6.06. The molecule has 144 valence electrons. The third-order valence-electron chi connectivity index (χ3n) is 5.80. The molecule has 1 saturated heterocycles. The van der Waals surface area contributed by atoms with Gasteiger partial charge in [-0.25, -0.2) is 4.79 Å². The number of hydrogen-bond acceptors (Lipinski definition) is 6. The number of esters is 1. The Balaban J connectivity index is 1.81. The number of likely N-dealkylation sites (N-methyl/N-ethyl adjacent to an activating group) is 1. The van der Waals surface area contributed by atoms with Crippen LogP contribution in [0.4, 0.5) is 5.69 Å². The minimum atomic E-state index is -1.37. The maximum absolute atomic E-state index is 13.0. The van der Waals surface area contributed by atoms with Crippen LogP contribution in [0.25, 0.3) is 0 Å². The molecule has 3 atom stereocenters. The Morgan fingerprint density at radius 2 is 1.93 bits per heavy atom. The summed E-state index contributed by atoms with van der Waals surface area (Å²) < 4.78 is 4.70. The summed E-state index contributed by atoms with van der Waals surface area (Å²) in [7, 11) is 3.03. The summed E-state index contributed by atoms with van der Waals surface area (Å²) in [5.74, 6) is -1.36. The molecule has 0 aliphatic carbocycles.